The molecule has 2 aromatic heterocycles. The number of fused-ring (bicyclic) bond motifs is 1. The van der Waals surface area contributed by atoms with Gasteiger partial charge in [-0.3, -0.25) is 9.20 Å². The first-order valence-corrected chi connectivity index (χ1v) is 8.05. The lowest BCUT2D eigenvalue weighted by Gasteiger charge is -2.04. The molecule has 3 rings (SSSR count). The van der Waals surface area contributed by atoms with E-state index in [0.29, 0.717) is 12.3 Å². The third kappa shape index (κ3) is 3.65. The van der Waals surface area contributed by atoms with Gasteiger partial charge in [-0.15, -0.1) is 10.2 Å². The third-order valence-corrected chi connectivity index (χ3v) is 4.14. The van der Waals surface area contributed by atoms with Crippen LogP contribution in [0.2, 0.25) is 0 Å². The van der Waals surface area contributed by atoms with Crippen LogP contribution in [-0.4, -0.2) is 32.8 Å². The molecular formula is C16H16N4OS. The second-order valence-electron chi connectivity index (χ2n) is 4.79. The Morgan fingerprint density at radius 1 is 1.09 bits per heavy atom. The highest BCUT2D eigenvalue weighted by atomic mass is 32.2. The fourth-order valence-corrected chi connectivity index (χ4v) is 2.84. The van der Waals surface area contributed by atoms with Crippen LogP contribution in [0.1, 0.15) is 5.56 Å². The summed E-state index contributed by atoms with van der Waals surface area (Å²) in [6.45, 7) is 0.643. The molecule has 0 unspecified atom stereocenters. The van der Waals surface area contributed by atoms with Crippen molar-refractivity contribution in [3.63, 3.8) is 0 Å². The molecule has 112 valence electrons. The number of hydrogen-bond acceptors (Lipinski definition) is 4. The zero-order valence-corrected chi connectivity index (χ0v) is 12.8. The number of benzene rings is 1. The summed E-state index contributed by atoms with van der Waals surface area (Å²) in [5.74, 6) is 0.346. The van der Waals surface area contributed by atoms with Crippen LogP contribution in [0.25, 0.3) is 5.65 Å². The van der Waals surface area contributed by atoms with Crippen LogP contribution >= 0.6 is 11.8 Å². The summed E-state index contributed by atoms with van der Waals surface area (Å²) in [5.41, 5.74) is 2.01. The van der Waals surface area contributed by atoms with Gasteiger partial charge in [0.05, 0.1) is 5.75 Å². The van der Waals surface area contributed by atoms with Crippen molar-refractivity contribution in [3.8, 4) is 0 Å². The van der Waals surface area contributed by atoms with Gasteiger partial charge in [-0.2, -0.15) is 0 Å². The molecule has 0 fully saturated rings. The molecule has 0 saturated carbocycles. The molecule has 5 nitrogen and oxygen atoms in total. The summed E-state index contributed by atoms with van der Waals surface area (Å²) in [6.07, 6.45) is 2.73. The van der Waals surface area contributed by atoms with Crippen LogP contribution in [0.4, 0.5) is 0 Å². The summed E-state index contributed by atoms with van der Waals surface area (Å²) in [5, 5.41) is 11.8. The highest BCUT2D eigenvalue weighted by molar-refractivity contribution is 7.99. The Morgan fingerprint density at radius 2 is 1.91 bits per heavy atom. The molecular weight excluding hydrogens is 296 g/mol. The fourth-order valence-electron chi connectivity index (χ4n) is 2.09. The maximum atomic E-state index is 11.9. The van der Waals surface area contributed by atoms with Gasteiger partial charge in [-0.1, -0.05) is 48.2 Å². The zero-order chi connectivity index (χ0) is 15.2. The van der Waals surface area contributed by atoms with Crippen molar-refractivity contribution in [2.45, 2.75) is 11.6 Å². The summed E-state index contributed by atoms with van der Waals surface area (Å²) < 4.78 is 1.88. The quantitative estimate of drug-likeness (QED) is 0.709. The molecule has 0 saturated heterocycles. The Labute approximate surface area is 132 Å². The van der Waals surface area contributed by atoms with E-state index in [1.807, 2.05) is 47.0 Å². The Bertz CT molecular complexity index is 757. The molecule has 0 bridgehead atoms. The Hall–Kier alpha value is -2.34. The second-order valence-corrected chi connectivity index (χ2v) is 5.73. The van der Waals surface area contributed by atoms with E-state index in [0.717, 1.165) is 17.2 Å². The predicted molar refractivity (Wildman–Crippen MR) is 86.9 cm³/mol. The maximum Gasteiger partial charge on any atom is 0.230 e. The van der Waals surface area contributed by atoms with E-state index in [1.165, 1.54) is 17.3 Å². The minimum Gasteiger partial charge on any atom is -0.355 e. The van der Waals surface area contributed by atoms with Crippen LogP contribution in [0.15, 0.2) is 59.9 Å². The molecule has 0 aliphatic carbocycles. The Kier molecular flexibility index (Phi) is 4.70. The number of carbonyl (C=O) groups is 1. The van der Waals surface area contributed by atoms with Gasteiger partial charge < -0.3 is 5.32 Å². The number of nitrogens with one attached hydrogen (secondary N) is 1. The van der Waals surface area contributed by atoms with Crippen LogP contribution in [0.5, 0.6) is 0 Å². The molecule has 0 radical (unpaired) electrons. The number of pyridine rings is 1. The minimum atomic E-state index is 0.00797. The number of carbonyl (C=O) groups excluding carboxylic acids is 1. The molecule has 22 heavy (non-hydrogen) atoms. The smallest absolute Gasteiger partial charge is 0.230 e. The molecule has 3 aromatic rings. The predicted octanol–water partition coefficient (Wildman–Crippen LogP) is 2.18. The van der Waals surface area contributed by atoms with Crippen molar-refractivity contribution < 1.29 is 4.79 Å². The van der Waals surface area contributed by atoms with Gasteiger partial charge in [0, 0.05) is 12.7 Å². The number of amides is 1. The molecule has 0 spiro atoms. The van der Waals surface area contributed by atoms with Crippen LogP contribution in [0.3, 0.4) is 0 Å². The average molecular weight is 312 g/mol. The molecule has 1 amide bonds. The van der Waals surface area contributed by atoms with Crippen LogP contribution < -0.4 is 5.32 Å². The molecule has 1 N–H and O–H groups in total. The Morgan fingerprint density at radius 3 is 2.77 bits per heavy atom. The molecule has 0 aliphatic heterocycles. The lowest BCUT2D eigenvalue weighted by Crippen LogP contribution is -2.27. The van der Waals surface area contributed by atoms with Gasteiger partial charge in [0.2, 0.25) is 5.91 Å². The monoisotopic (exact) mass is 312 g/mol. The largest absolute Gasteiger partial charge is 0.355 e. The Balaban J connectivity index is 1.46. The molecule has 1 aromatic carbocycles. The summed E-state index contributed by atoms with van der Waals surface area (Å²) in [7, 11) is 0. The maximum absolute atomic E-state index is 11.9. The van der Waals surface area contributed by atoms with Gasteiger partial charge in [0.15, 0.2) is 10.8 Å². The third-order valence-electron chi connectivity index (χ3n) is 3.19. The van der Waals surface area contributed by atoms with E-state index in [-0.39, 0.29) is 5.91 Å². The number of nitrogens with zero attached hydrogens (tertiary/aromatic N) is 3. The number of rotatable bonds is 6. The topological polar surface area (TPSA) is 59.3 Å². The van der Waals surface area contributed by atoms with Crippen LogP contribution in [0, 0.1) is 0 Å². The van der Waals surface area contributed by atoms with Gasteiger partial charge in [0.25, 0.3) is 0 Å². The van der Waals surface area contributed by atoms with Crippen molar-refractivity contribution in [2.24, 2.45) is 0 Å². The van der Waals surface area contributed by atoms with Crippen molar-refractivity contribution in [1.82, 2.24) is 19.9 Å². The summed E-state index contributed by atoms with van der Waals surface area (Å²) >= 11 is 1.39. The zero-order valence-electron chi connectivity index (χ0n) is 12.0. The first kappa shape index (κ1) is 14.6. The van der Waals surface area contributed by atoms with Crippen molar-refractivity contribution in [1.29, 1.82) is 0 Å². The van der Waals surface area contributed by atoms with Gasteiger partial charge >= 0.3 is 0 Å². The van der Waals surface area contributed by atoms with Crippen molar-refractivity contribution in [3.05, 3.63) is 60.3 Å². The highest BCUT2D eigenvalue weighted by Crippen LogP contribution is 2.15. The molecule has 6 heteroatoms. The standard InChI is InChI=1S/C16H16N4OS/c21-15(17-10-9-13-6-2-1-3-7-13)12-22-16-19-18-14-8-4-5-11-20(14)16/h1-8,11H,9-10,12H2,(H,17,21). The van der Waals surface area contributed by atoms with Crippen LogP contribution in [-0.2, 0) is 11.2 Å². The molecule has 0 aliphatic rings. The van der Waals surface area contributed by atoms with E-state index in [2.05, 4.69) is 27.6 Å². The SMILES string of the molecule is O=C(CSc1nnc2ccccn12)NCCc1ccccc1. The summed E-state index contributed by atoms with van der Waals surface area (Å²) in [4.78, 5) is 11.9. The number of hydrogen-bond donors (Lipinski definition) is 1. The van der Waals surface area contributed by atoms with E-state index >= 15 is 0 Å². The average Bonchev–Trinajstić information content (AvgIpc) is 2.97. The van der Waals surface area contributed by atoms with Gasteiger partial charge in [-0.25, -0.2) is 0 Å². The van der Waals surface area contributed by atoms with E-state index in [1.54, 1.807) is 0 Å². The first-order chi connectivity index (χ1) is 10.8. The van der Waals surface area contributed by atoms with Gasteiger partial charge in [-0.05, 0) is 24.1 Å². The molecule has 0 atom stereocenters. The first-order valence-electron chi connectivity index (χ1n) is 7.06. The fraction of sp³-hybridized carbons (Fsp3) is 0.188. The van der Waals surface area contributed by atoms with E-state index in [9.17, 15) is 4.79 Å². The van der Waals surface area contributed by atoms with Gasteiger partial charge in [0.1, 0.15) is 0 Å². The number of aromatic nitrogens is 3. The van der Waals surface area contributed by atoms with E-state index in [4.69, 9.17) is 0 Å². The number of thioether (sulfide) groups is 1. The van der Waals surface area contributed by atoms with E-state index < -0.39 is 0 Å². The second kappa shape index (κ2) is 7.09. The van der Waals surface area contributed by atoms with Crippen molar-refractivity contribution in [2.75, 3.05) is 12.3 Å². The highest BCUT2D eigenvalue weighted by Gasteiger charge is 2.08. The summed E-state index contributed by atoms with van der Waals surface area (Å²) in [6, 6.07) is 15.8. The lowest BCUT2D eigenvalue weighted by atomic mass is 10.1. The molecule has 2 heterocycles. The van der Waals surface area contributed by atoms with Crippen molar-refractivity contribution >= 4 is 23.3 Å². The minimum absolute atomic E-state index is 0.00797. The normalized spacial score (nSPS) is 10.7. The lowest BCUT2D eigenvalue weighted by molar-refractivity contribution is -0.118.